The van der Waals surface area contributed by atoms with Crippen molar-refractivity contribution in [1.29, 1.82) is 0 Å². The highest BCUT2D eigenvalue weighted by molar-refractivity contribution is 5.94. The first-order valence-corrected chi connectivity index (χ1v) is 8.31. The Morgan fingerprint density at radius 3 is 2.69 bits per heavy atom. The molecule has 1 aromatic carbocycles. The van der Waals surface area contributed by atoms with E-state index in [2.05, 4.69) is 25.8 Å². The lowest BCUT2D eigenvalue weighted by molar-refractivity contribution is 0.0950. The van der Waals surface area contributed by atoms with E-state index in [4.69, 9.17) is 4.74 Å². The molecule has 0 spiro atoms. The highest BCUT2D eigenvalue weighted by atomic mass is 16.5. The molecule has 3 rings (SSSR count). The molecule has 0 fully saturated rings. The number of carbonyl (C=O) groups is 1. The first-order valence-electron chi connectivity index (χ1n) is 8.31. The van der Waals surface area contributed by atoms with Crippen molar-refractivity contribution in [2.24, 2.45) is 0 Å². The Hall–Kier alpha value is -3.29. The van der Waals surface area contributed by atoms with Crippen LogP contribution in [-0.4, -0.2) is 31.1 Å². The fourth-order valence-electron chi connectivity index (χ4n) is 2.33. The Kier molecular flexibility index (Phi) is 5.52. The molecule has 0 saturated heterocycles. The molecule has 1 N–H and O–H groups in total. The maximum atomic E-state index is 12.2. The van der Waals surface area contributed by atoms with Gasteiger partial charge in [-0.3, -0.25) is 9.78 Å². The van der Waals surface area contributed by atoms with Gasteiger partial charge < -0.3 is 10.1 Å². The molecule has 2 heterocycles. The van der Waals surface area contributed by atoms with Crippen LogP contribution in [0.4, 0.5) is 0 Å². The quantitative estimate of drug-likeness (QED) is 0.700. The first kappa shape index (κ1) is 17.5. The van der Waals surface area contributed by atoms with Crippen LogP contribution in [-0.2, 0) is 13.2 Å². The summed E-state index contributed by atoms with van der Waals surface area (Å²) < 4.78 is 7.41. The van der Waals surface area contributed by atoms with Gasteiger partial charge in [0.15, 0.2) is 5.82 Å². The summed E-state index contributed by atoms with van der Waals surface area (Å²) in [4.78, 5) is 16.4. The zero-order valence-corrected chi connectivity index (χ0v) is 14.7. The van der Waals surface area contributed by atoms with Crippen LogP contribution < -0.4 is 10.1 Å². The summed E-state index contributed by atoms with van der Waals surface area (Å²) in [6.07, 6.45) is 1.70. The van der Waals surface area contributed by atoms with Gasteiger partial charge in [-0.1, -0.05) is 6.07 Å². The Morgan fingerprint density at radius 1 is 1.19 bits per heavy atom. The molecular weight excluding hydrogens is 332 g/mol. The number of aromatic nitrogens is 5. The number of hydrogen-bond donors (Lipinski definition) is 1. The molecule has 3 aromatic rings. The second kappa shape index (κ2) is 8.19. The van der Waals surface area contributed by atoms with Gasteiger partial charge in [0, 0.05) is 11.8 Å². The lowest BCUT2D eigenvalue weighted by Crippen LogP contribution is -2.23. The number of hydrogen-bond acceptors (Lipinski definition) is 6. The summed E-state index contributed by atoms with van der Waals surface area (Å²) in [6.45, 7) is 4.64. The van der Waals surface area contributed by atoms with Crippen molar-refractivity contribution >= 4 is 5.91 Å². The molecule has 0 saturated carbocycles. The van der Waals surface area contributed by atoms with Crippen LogP contribution >= 0.6 is 0 Å². The third-order valence-corrected chi connectivity index (χ3v) is 3.69. The highest BCUT2D eigenvalue weighted by Crippen LogP contribution is 2.14. The monoisotopic (exact) mass is 352 g/mol. The summed E-state index contributed by atoms with van der Waals surface area (Å²) in [5.41, 5.74) is 1.36. The number of rotatable bonds is 7. The maximum absolute atomic E-state index is 12.2. The molecule has 0 radical (unpaired) electrons. The van der Waals surface area contributed by atoms with E-state index in [9.17, 15) is 4.79 Å². The molecule has 0 unspecified atom stereocenters. The number of tetrazole rings is 1. The van der Waals surface area contributed by atoms with Gasteiger partial charge in [-0.05, 0) is 60.7 Å². The van der Waals surface area contributed by atoms with Crippen LogP contribution in [0.25, 0.3) is 0 Å². The van der Waals surface area contributed by atoms with E-state index >= 15 is 0 Å². The number of carbonyl (C=O) groups excluding carboxylic acids is 1. The lowest BCUT2D eigenvalue weighted by atomic mass is 10.2. The average molecular weight is 352 g/mol. The lowest BCUT2D eigenvalue weighted by Gasteiger charge is -2.10. The van der Waals surface area contributed by atoms with E-state index < -0.39 is 0 Å². The Balaban J connectivity index is 1.54. The van der Waals surface area contributed by atoms with Crippen LogP contribution in [0.2, 0.25) is 0 Å². The molecule has 2 aromatic heterocycles. The summed E-state index contributed by atoms with van der Waals surface area (Å²) in [7, 11) is 0. The molecule has 1 amide bonds. The first-order chi connectivity index (χ1) is 12.6. The van der Waals surface area contributed by atoms with Gasteiger partial charge in [0.1, 0.15) is 12.4 Å². The van der Waals surface area contributed by atoms with Crippen LogP contribution in [0, 0.1) is 0 Å². The van der Waals surface area contributed by atoms with Gasteiger partial charge in [0.05, 0.1) is 18.3 Å². The standard InChI is InChI=1S/C18H20N6O2/c1-13(2)24-17(21-22-23-24)12-26-16-8-6-14(7-9-16)18(25)20-11-15-5-3-4-10-19-15/h3-10,13H,11-12H2,1-2H3,(H,20,25). The van der Waals surface area contributed by atoms with E-state index in [-0.39, 0.29) is 18.6 Å². The molecule has 0 atom stereocenters. The topological polar surface area (TPSA) is 94.8 Å². The van der Waals surface area contributed by atoms with Gasteiger partial charge in [-0.2, -0.15) is 0 Å². The Labute approximate surface area is 151 Å². The van der Waals surface area contributed by atoms with Crippen molar-refractivity contribution in [3.63, 3.8) is 0 Å². The van der Waals surface area contributed by atoms with Gasteiger partial charge in [-0.15, -0.1) is 5.10 Å². The number of nitrogens with zero attached hydrogens (tertiary/aromatic N) is 5. The largest absolute Gasteiger partial charge is 0.486 e. The van der Waals surface area contributed by atoms with Crippen molar-refractivity contribution in [3.8, 4) is 5.75 Å². The third kappa shape index (κ3) is 4.41. The van der Waals surface area contributed by atoms with Gasteiger partial charge in [-0.25, -0.2) is 4.68 Å². The fourth-order valence-corrected chi connectivity index (χ4v) is 2.33. The zero-order valence-electron chi connectivity index (χ0n) is 14.7. The van der Waals surface area contributed by atoms with Crippen molar-refractivity contribution in [3.05, 3.63) is 65.7 Å². The van der Waals surface area contributed by atoms with Crippen molar-refractivity contribution in [2.75, 3.05) is 0 Å². The van der Waals surface area contributed by atoms with Gasteiger partial charge in [0.25, 0.3) is 5.91 Å². The second-order valence-corrected chi connectivity index (χ2v) is 5.95. The molecule has 8 heteroatoms. The van der Waals surface area contributed by atoms with Crippen LogP contribution in [0.15, 0.2) is 48.7 Å². The van der Waals surface area contributed by atoms with Crippen LogP contribution in [0.1, 0.15) is 41.8 Å². The van der Waals surface area contributed by atoms with Gasteiger partial charge >= 0.3 is 0 Å². The van der Waals surface area contributed by atoms with E-state index in [1.807, 2.05) is 32.0 Å². The molecule has 8 nitrogen and oxygen atoms in total. The van der Waals surface area contributed by atoms with E-state index in [0.29, 0.717) is 23.7 Å². The number of pyridine rings is 1. The summed E-state index contributed by atoms with van der Waals surface area (Å²) in [5, 5.41) is 14.4. The molecule has 0 aliphatic carbocycles. The number of ether oxygens (including phenoxy) is 1. The van der Waals surface area contributed by atoms with E-state index in [0.717, 1.165) is 5.69 Å². The minimum Gasteiger partial charge on any atom is -0.486 e. The molecule has 0 aliphatic heterocycles. The van der Waals surface area contributed by atoms with E-state index in [1.54, 1.807) is 35.1 Å². The van der Waals surface area contributed by atoms with Crippen LogP contribution in [0.3, 0.4) is 0 Å². The predicted molar refractivity (Wildman–Crippen MR) is 94.4 cm³/mol. The maximum Gasteiger partial charge on any atom is 0.251 e. The Bertz CT molecular complexity index is 846. The fraction of sp³-hybridized carbons (Fsp3) is 0.278. The molecule has 0 aliphatic rings. The van der Waals surface area contributed by atoms with Crippen LogP contribution in [0.5, 0.6) is 5.75 Å². The van der Waals surface area contributed by atoms with Crippen molar-refractivity contribution in [1.82, 2.24) is 30.5 Å². The van der Waals surface area contributed by atoms with E-state index in [1.165, 1.54) is 0 Å². The molecular formula is C18H20N6O2. The number of amides is 1. The predicted octanol–water partition coefficient (Wildman–Crippen LogP) is 2.16. The summed E-state index contributed by atoms with van der Waals surface area (Å²) >= 11 is 0. The minimum atomic E-state index is -0.161. The summed E-state index contributed by atoms with van der Waals surface area (Å²) in [5.74, 6) is 1.13. The summed E-state index contributed by atoms with van der Waals surface area (Å²) in [6, 6.07) is 12.7. The average Bonchev–Trinajstić information content (AvgIpc) is 3.15. The molecule has 26 heavy (non-hydrogen) atoms. The van der Waals surface area contributed by atoms with Crippen molar-refractivity contribution < 1.29 is 9.53 Å². The number of benzene rings is 1. The highest BCUT2D eigenvalue weighted by Gasteiger charge is 2.10. The minimum absolute atomic E-state index is 0.161. The third-order valence-electron chi connectivity index (χ3n) is 3.69. The molecule has 0 bridgehead atoms. The van der Waals surface area contributed by atoms with Crippen molar-refractivity contribution in [2.45, 2.75) is 33.0 Å². The number of nitrogens with one attached hydrogen (secondary N) is 1. The zero-order chi connectivity index (χ0) is 18.4. The normalized spacial score (nSPS) is 10.7. The molecule has 134 valence electrons. The Morgan fingerprint density at radius 2 is 2.00 bits per heavy atom. The smallest absolute Gasteiger partial charge is 0.251 e. The second-order valence-electron chi connectivity index (χ2n) is 5.95. The van der Waals surface area contributed by atoms with Gasteiger partial charge in [0.2, 0.25) is 0 Å². The SMILES string of the molecule is CC(C)n1nnnc1COc1ccc(C(=O)NCc2ccccn2)cc1.